The molecule has 0 aliphatic carbocycles. The summed E-state index contributed by atoms with van der Waals surface area (Å²) in [5.41, 5.74) is 0. The van der Waals surface area contributed by atoms with E-state index in [1.54, 1.807) is 0 Å². The molecule has 0 aliphatic heterocycles. The maximum absolute atomic E-state index is 10.8. The van der Waals surface area contributed by atoms with Gasteiger partial charge in [-0.05, 0) is 12.2 Å². The standard InChI is InChI=1S/C19H36O2S/c1-3-5-6-7-8-9-10-11-12-13-14-15-17-22-18-16-21-19(20)4-2/h4H,2-3,5-18H2,1H3. The highest BCUT2D eigenvalue weighted by atomic mass is 32.2. The molecular formula is C19H36O2S. The first-order valence-electron chi connectivity index (χ1n) is 9.18. The van der Waals surface area contributed by atoms with Crippen molar-refractivity contribution in [1.29, 1.82) is 0 Å². The van der Waals surface area contributed by atoms with E-state index in [0.717, 1.165) is 5.75 Å². The van der Waals surface area contributed by atoms with Crippen LogP contribution in [0.3, 0.4) is 0 Å². The molecular weight excluding hydrogens is 292 g/mol. The second-order valence-electron chi connectivity index (χ2n) is 5.87. The smallest absolute Gasteiger partial charge is 0.330 e. The first-order valence-corrected chi connectivity index (χ1v) is 10.3. The topological polar surface area (TPSA) is 26.3 Å². The molecule has 0 radical (unpaired) electrons. The maximum Gasteiger partial charge on any atom is 0.330 e. The lowest BCUT2D eigenvalue weighted by Gasteiger charge is -2.04. The van der Waals surface area contributed by atoms with Crippen LogP contribution in [-0.2, 0) is 9.53 Å². The molecule has 0 rings (SSSR count). The van der Waals surface area contributed by atoms with Gasteiger partial charge in [-0.25, -0.2) is 4.79 Å². The lowest BCUT2D eigenvalue weighted by Crippen LogP contribution is -2.03. The number of esters is 1. The molecule has 0 heterocycles. The fourth-order valence-corrected chi connectivity index (χ4v) is 3.22. The van der Waals surface area contributed by atoms with Crippen LogP contribution in [0.1, 0.15) is 84.0 Å². The van der Waals surface area contributed by atoms with Crippen LogP contribution in [0.2, 0.25) is 0 Å². The van der Waals surface area contributed by atoms with Crippen LogP contribution < -0.4 is 0 Å². The SMILES string of the molecule is C=CC(=O)OCCSCCCCCCCCCCCCCC. The van der Waals surface area contributed by atoms with E-state index < -0.39 is 0 Å². The number of thioether (sulfide) groups is 1. The van der Waals surface area contributed by atoms with Gasteiger partial charge in [-0.1, -0.05) is 84.1 Å². The lowest BCUT2D eigenvalue weighted by molar-refractivity contribution is -0.137. The second-order valence-corrected chi connectivity index (χ2v) is 7.10. The molecule has 0 saturated carbocycles. The average molecular weight is 329 g/mol. The molecule has 0 aromatic rings. The molecule has 0 saturated heterocycles. The van der Waals surface area contributed by atoms with Crippen molar-refractivity contribution < 1.29 is 9.53 Å². The predicted octanol–water partition coefficient (Wildman–Crippen LogP) is 6.15. The van der Waals surface area contributed by atoms with Crippen LogP contribution >= 0.6 is 11.8 Å². The molecule has 0 fully saturated rings. The average Bonchev–Trinajstić information content (AvgIpc) is 2.54. The Bertz CT molecular complexity index is 254. The summed E-state index contributed by atoms with van der Waals surface area (Å²) in [4.78, 5) is 10.8. The Kier molecular flexibility index (Phi) is 18.2. The third-order valence-corrected chi connectivity index (χ3v) is 4.81. The Morgan fingerprint density at radius 2 is 1.36 bits per heavy atom. The molecule has 0 unspecified atom stereocenters. The molecule has 0 bridgehead atoms. The van der Waals surface area contributed by atoms with Gasteiger partial charge < -0.3 is 4.74 Å². The zero-order valence-corrected chi connectivity index (χ0v) is 15.4. The number of rotatable bonds is 17. The van der Waals surface area contributed by atoms with Crippen molar-refractivity contribution in [1.82, 2.24) is 0 Å². The van der Waals surface area contributed by atoms with Gasteiger partial charge in [-0.2, -0.15) is 11.8 Å². The Balaban J connectivity index is 2.99. The minimum atomic E-state index is -0.314. The number of unbranched alkanes of at least 4 members (excludes halogenated alkanes) is 11. The van der Waals surface area contributed by atoms with Gasteiger partial charge in [0.05, 0.1) is 0 Å². The largest absolute Gasteiger partial charge is 0.462 e. The molecule has 0 amide bonds. The zero-order valence-electron chi connectivity index (χ0n) is 14.6. The highest BCUT2D eigenvalue weighted by Crippen LogP contribution is 2.13. The Hall–Kier alpha value is -0.440. The minimum absolute atomic E-state index is 0.314. The van der Waals surface area contributed by atoms with Crippen molar-refractivity contribution in [3.8, 4) is 0 Å². The molecule has 0 aliphatic rings. The van der Waals surface area contributed by atoms with E-state index in [4.69, 9.17) is 4.74 Å². The van der Waals surface area contributed by atoms with Gasteiger partial charge in [-0.15, -0.1) is 0 Å². The first kappa shape index (κ1) is 21.6. The summed E-state index contributed by atoms with van der Waals surface area (Å²) >= 11 is 1.88. The normalized spacial score (nSPS) is 10.6. The van der Waals surface area contributed by atoms with E-state index in [1.165, 1.54) is 88.9 Å². The monoisotopic (exact) mass is 328 g/mol. The van der Waals surface area contributed by atoms with Gasteiger partial charge in [0.1, 0.15) is 6.61 Å². The molecule has 0 spiro atoms. The van der Waals surface area contributed by atoms with E-state index in [1.807, 2.05) is 11.8 Å². The summed E-state index contributed by atoms with van der Waals surface area (Å²) in [6.45, 7) is 6.15. The van der Waals surface area contributed by atoms with Crippen molar-refractivity contribution in [3.05, 3.63) is 12.7 Å². The minimum Gasteiger partial charge on any atom is -0.462 e. The number of carbonyl (C=O) groups is 1. The van der Waals surface area contributed by atoms with E-state index in [0.29, 0.717) is 6.61 Å². The summed E-state index contributed by atoms with van der Waals surface area (Å²) in [6, 6.07) is 0. The van der Waals surface area contributed by atoms with Gasteiger partial charge >= 0.3 is 5.97 Å². The van der Waals surface area contributed by atoms with Gasteiger partial charge in [0.15, 0.2) is 0 Å². The van der Waals surface area contributed by atoms with Gasteiger partial charge in [0, 0.05) is 11.8 Å². The van der Waals surface area contributed by atoms with Crippen LogP contribution in [0.5, 0.6) is 0 Å². The van der Waals surface area contributed by atoms with Crippen LogP contribution in [0.25, 0.3) is 0 Å². The summed E-state index contributed by atoms with van der Waals surface area (Å²) in [5, 5.41) is 0. The van der Waals surface area contributed by atoms with Crippen LogP contribution in [0.15, 0.2) is 12.7 Å². The van der Waals surface area contributed by atoms with Gasteiger partial charge in [0.25, 0.3) is 0 Å². The number of hydrogen-bond acceptors (Lipinski definition) is 3. The quantitative estimate of drug-likeness (QED) is 0.182. The van der Waals surface area contributed by atoms with E-state index >= 15 is 0 Å². The Labute approximate surface area is 142 Å². The van der Waals surface area contributed by atoms with Crippen LogP contribution in [-0.4, -0.2) is 24.1 Å². The molecule has 0 atom stereocenters. The van der Waals surface area contributed by atoms with E-state index in [-0.39, 0.29) is 5.97 Å². The lowest BCUT2D eigenvalue weighted by atomic mass is 10.1. The molecule has 3 heteroatoms. The van der Waals surface area contributed by atoms with E-state index in [9.17, 15) is 4.79 Å². The molecule has 22 heavy (non-hydrogen) atoms. The number of hydrogen-bond donors (Lipinski definition) is 0. The van der Waals surface area contributed by atoms with Gasteiger partial charge in [0.2, 0.25) is 0 Å². The van der Waals surface area contributed by atoms with E-state index in [2.05, 4.69) is 13.5 Å². The second kappa shape index (κ2) is 18.6. The summed E-state index contributed by atoms with van der Waals surface area (Å²) < 4.78 is 4.93. The third kappa shape index (κ3) is 17.6. The van der Waals surface area contributed by atoms with Crippen molar-refractivity contribution in [2.75, 3.05) is 18.1 Å². The van der Waals surface area contributed by atoms with Gasteiger partial charge in [-0.3, -0.25) is 0 Å². The molecule has 2 nitrogen and oxygen atoms in total. The van der Waals surface area contributed by atoms with Crippen molar-refractivity contribution in [2.45, 2.75) is 84.0 Å². The summed E-state index contributed by atoms with van der Waals surface area (Å²) in [7, 11) is 0. The Morgan fingerprint density at radius 3 is 1.86 bits per heavy atom. The fourth-order valence-electron chi connectivity index (χ4n) is 2.41. The fraction of sp³-hybridized carbons (Fsp3) is 0.842. The highest BCUT2D eigenvalue weighted by Gasteiger charge is 1.96. The molecule has 0 N–H and O–H groups in total. The van der Waals surface area contributed by atoms with Crippen molar-refractivity contribution >= 4 is 17.7 Å². The Morgan fingerprint density at radius 1 is 0.864 bits per heavy atom. The van der Waals surface area contributed by atoms with Crippen molar-refractivity contribution in [3.63, 3.8) is 0 Å². The molecule has 0 aromatic carbocycles. The highest BCUT2D eigenvalue weighted by molar-refractivity contribution is 7.99. The number of carbonyl (C=O) groups excluding carboxylic acids is 1. The third-order valence-electron chi connectivity index (χ3n) is 3.78. The van der Waals surface area contributed by atoms with Crippen LogP contribution in [0.4, 0.5) is 0 Å². The predicted molar refractivity (Wildman–Crippen MR) is 99.6 cm³/mol. The molecule has 130 valence electrons. The maximum atomic E-state index is 10.8. The first-order chi connectivity index (χ1) is 10.8. The number of ether oxygens (including phenoxy) is 1. The van der Waals surface area contributed by atoms with Crippen LogP contribution in [0, 0.1) is 0 Å². The van der Waals surface area contributed by atoms with Crippen molar-refractivity contribution in [2.24, 2.45) is 0 Å². The summed E-state index contributed by atoms with van der Waals surface area (Å²) in [6.07, 6.45) is 18.0. The summed E-state index contributed by atoms with van der Waals surface area (Å²) in [5.74, 6) is 1.77. The molecule has 0 aromatic heterocycles. The zero-order chi connectivity index (χ0) is 16.3.